The van der Waals surface area contributed by atoms with Gasteiger partial charge in [-0.05, 0) is 44.9 Å². The van der Waals surface area contributed by atoms with Crippen LogP contribution in [-0.2, 0) is 10.0 Å². The second-order valence-electron chi connectivity index (χ2n) is 4.79. The van der Waals surface area contributed by atoms with Gasteiger partial charge in [-0.1, -0.05) is 17.7 Å². The highest BCUT2D eigenvalue weighted by atomic mass is 32.2. The molecule has 0 saturated carbocycles. The maximum atomic E-state index is 12.0. The van der Waals surface area contributed by atoms with Gasteiger partial charge in [-0.15, -0.1) is 0 Å². The Balaban J connectivity index is 1.88. The second-order valence-corrected chi connectivity index (χ2v) is 6.56. The third-order valence-electron chi connectivity index (χ3n) is 3.28. The van der Waals surface area contributed by atoms with Crippen molar-refractivity contribution < 1.29 is 8.42 Å². The van der Waals surface area contributed by atoms with Gasteiger partial charge in [0.15, 0.2) is 0 Å². The van der Waals surface area contributed by atoms with Crippen LogP contribution in [0.2, 0.25) is 0 Å². The van der Waals surface area contributed by atoms with Crippen molar-refractivity contribution in [2.45, 2.75) is 37.1 Å². The van der Waals surface area contributed by atoms with Gasteiger partial charge < -0.3 is 5.32 Å². The number of benzene rings is 1. The normalized spacial score (nSPS) is 20.2. The molecule has 1 saturated heterocycles. The molecule has 1 fully saturated rings. The summed E-state index contributed by atoms with van der Waals surface area (Å²) < 4.78 is 26.6. The molecule has 1 aromatic carbocycles. The Bertz CT molecular complexity index is 476. The minimum Gasteiger partial charge on any atom is -0.314 e. The first-order chi connectivity index (χ1) is 8.58. The molecule has 0 spiro atoms. The molecule has 0 bridgehead atoms. The summed E-state index contributed by atoms with van der Waals surface area (Å²) in [6, 6.07) is 7.38. The van der Waals surface area contributed by atoms with Gasteiger partial charge in [-0.2, -0.15) is 0 Å². The zero-order valence-corrected chi connectivity index (χ0v) is 11.5. The van der Waals surface area contributed by atoms with Gasteiger partial charge in [0.05, 0.1) is 4.90 Å². The molecule has 0 amide bonds. The van der Waals surface area contributed by atoms with Gasteiger partial charge in [0.25, 0.3) is 0 Å². The molecular formula is C13H20N2O2S. The van der Waals surface area contributed by atoms with Crippen LogP contribution in [-0.4, -0.2) is 27.5 Å². The van der Waals surface area contributed by atoms with Crippen LogP contribution in [0.15, 0.2) is 29.2 Å². The van der Waals surface area contributed by atoms with Gasteiger partial charge >= 0.3 is 0 Å². The van der Waals surface area contributed by atoms with E-state index in [-0.39, 0.29) is 0 Å². The largest absolute Gasteiger partial charge is 0.314 e. The van der Waals surface area contributed by atoms with Crippen molar-refractivity contribution in [2.75, 3.05) is 13.1 Å². The average molecular weight is 268 g/mol. The van der Waals surface area contributed by atoms with E-state index < -0.39 is 10.0 Å². The van der Waals surface area contributed by atoms with Crippen LogP contribution in [0.3, 0.4) is 0 Å². The van der Waals surface area contributed by atoms with E-state index in [1.54, 1.807) is 12.1 Å². The molecule has 18 heavy (non-hydrogen) atoms. The number of aryl methyl sites for hydroxylation is 1. The highest BCUT2D eigenvalue weighted by Crippen LogP contribution is 2.11. The average Bonchev–Trinajstić information content (AvgIpc) is 2.82. The van der Waals surface area contributed by atoms with Crippen LogP contribution in [0, 0.1) is 6.92 Å². The standard InChI is InChI=1S/C13H20N2O2S/c1-11-4-6-13(7-5-11)18(16,17)15-10-8-12-3-2-9-14-12/h4-7,12,14-15H,2-3,8-10H2,1H3. The minimum absolute atomic E-state index is 0.340. The summed E-state index contributed by atoms with van der Waals surface area (Å²) >= 11 is 0. The fourth-order valence-corrected chi connectivity index (χ4v) is 3.22. The lowest BCUT2D eigenvalue weighted by Gasteiger charge is -2.11. The lowest BCUT2D eigenvalue weighted by molar-refractivity contribution is 0.539. The van der Waals surface area contributed by atoms with E-state index in [0.29, 0.717) is 17.5 Å². The van der Waals surface area contributed by atoms with Gasteiger partial charge in [-0.25, -0.2) is 13.1 Å². The van der Waals surface area contributed by atoms with Crippen molar-refractivity contribution in [2.24, 2.45) is 0 Å². The maximum Gasteiger partial charge on any atom is 0.240 e. The topological polar surface area (TPSA) is 58.2 Å². The Labute approximate surface area is 109 Å². The van der Waals surface area contributed by atoms with Gasteiger partial charge in [-0.3, -0.25) is 0 Å². The van der Waals surface area contributed by atoms with Gasteiger partial charge in [0.1, 0.15) is 0 Å². The lowest BCUT2D eigenvalue weighted by Crippen LogP contribution is -2.30. The summed E-state index contributed by atoms with van der Waals surface area (Å²) in [6.07, 6.45) is 3.19. The summed E-state index contributed by atoms with van der Waals surface area (Å²) in [5.41, 5.74) is 1.06. The summed E-state index contributed by atoms with van der Waals surface area (Å²) in [5, 5.41) is 3.36. The van der Waals surface area contributed by atoms with Crippen LogP contribution in [0.5, 0.6) is 0 Å². The molecule has 4 nitrogen and oxygen atoms in total. The Morgan fingerprint density at radius 1 is 1.33 bits per heavy atom. The molecule has 1 aliphatic heterocycles. The summed E-state index contributed by atoms with van der Waals surface area (Å²) in [4.78, 5) is 0.340. The molecule has 0 radical (unpaired) electrons. The van der Waals surface area contributed by atoms with E-state index in [1.807, 2.05) is 19.1 Å². The third-order valence-corrected chi connectivity index (χ3v) is 4.76. The van der Waals surface area contributed by atoms with Gasteiger partial charge in [0, 0.05) is 12.6 Å². The number of sulfonamides is 1. The fourth-order valence-electron chi connectivity index (χ4n) is 2.17. The predicted molar refractivity (Wildman–Crippen MR) is 72.0 cm³/mol. The molecule has 1 aliphatic rings. The smallest absolute Gasteiger partial charge is 0.240 e. The molecule has 5 heteroatoms. The monoisotopic (exact) mass is 268 g/mol. The molecular weight excluding hydrogens is 248 g/mol. The van der Waals surface area contributed by atoms with Crippen molar-refractivity contribution in [3.8, 4) is 0 Å². The Hall–Kier alpha value is -0.910. The van der Waals surface area contributed by atoms with Crippen molar-refractivity contribution >= 4 is 10.0 Å². The third kappa shape index (κ3) is 3.54. The van der Waals surface area contributed by atoms with Crippen molar-refractivity contribution in [1.82, 2.24) is 10.0 Å². The van der Waals surface area contributed by atoms with E-state index in [1.165, 1.54) is 6.42 Å². The zero-order chi connectivity index (χ0) is 13.0. The summed E-state index contributed by atoms with van der Waals surface area (Å²) in [6.45, 7) is 3.48. The quantitative estimate of drug-likeness (QED) is 0.849. The summed E-state index contributed by atoms with van der Waals surface area (Å²) in [5.74, 6) is 0. The van der Waals surface area contributed by atoms with E-state index in [9.17, 15) is 8.42 Å². The highest BCUT2D eigenvalue weighted by molar-refractivity contribution is 7.89. The van der Waals surface area contributed by atoms with Crippen molar-refractivity contribution in [3.63, 3.8) is 0 Å². The van der Waals surface area contributed by atoms with E-state index in [4.69, 9.17) is 0 Å². The predicted octanol–water partition coefficient (Wildman–Crippen LogP) is 1.42. The van der Waals surface area contributed by atoms with Crippen molar-refractivity contribution in [1.29, 1.82) is 0 Å². The zero-order valence-electron chi connectivity index (χ0n) is 10.6. The number of rotatable bonds is 5. The Kier molecular flexibility index (Phi) is 4.37. The van der Waals surface area contributed by atoms with Crippen LogP contribution in [0.25, 0.3) is 0 Å². The Morgan fingerprint density at radius 2 is 2.06 bits per heavy atom. The maximum absolute atomic E-state index is 12.0. The van der Waals surface area contributed by atoms with Crippen LogP contribution >= 0.6 is 0 Å². The lowest BCUT2D eigenvalue weighted by atomic mass is 10.2. The number of hydrogen-bond donors (Lipinski definition) is 2. The van der Waals surface area contributed by atoms with Crippen LogP contribution in [0.1, 0.15) is 24.8 Å². The van der Waals surface area contributed by atoms with E-state index >= 15 is 0 Å². The number of hydrogen-bond acceptors (Lipinski definition) is 3. The molecule has 0 aliphatic carbocycles. The molecule has 1 heterocycles. The summed E-state index contributed by atoms with van der Waals surface area (Å²) in [7, 11) is -3.35. The molecule has 1 atom stereocenters. The van der Waals surface area contributed by atoms with Crippen LogP contribution < -0.4 is 10.0 Å². The van der Waals surface area contributed by atoms with Gasteiger partial charge in [0.2, 0.25) is 10.0 Å². The molecule has 100 valence electrons. The first kappa shape index (κ1) is 13.5. The second kappa shape index (κ2) is 5.82. The molecule has 1 aromatic rings. The first-order valence-electron chi connectivity index (χ1n) is 6.38. The van der Waals surface area contributed by atoms with E-state index in [0.717, 1.165) is 24.9 Å². The van der Waals surface area contributed by atoms with Crippen molar-refractivity contribution in [3.05, 3.63) is 29.8 Å². The minimum atomic E-state index is -3.35. The Morgan fingerprint density at radius 3 is 2.67 bits per heavy atom. The first-order valence-corrected chi connectivity index (χ1v) is 7.86. The van der Waals surface area contributed by atoms with E-state index in [2.05, 4.69) is 10.0 Å². The fraction of sp³-hybridized carbons (Fsp3) is 0.538. The molecule has 0 aromatic heterocycles. The molecule has 1 unspecified atom stereocenters. The molecule has 2 rings (SSSR count). The highest BCUT2D eigenvalue weighted by Gasteiger charge is 2.16. The number of nitrogens with one attached hydrogen (secondary N) is 2. The molecule has 2 N–H and O–H groups in total. The van der Waals surface area contributed by atoms with Crippen LogP contribution in [0.4, 0.5) is 0 Å². The SMILES string of the molecule is Cc1ccc(S(=O)(=O)NCCC2CCCN2)cc1.